The first-order valence-corrected chi connectivity index (χ1v) is 9.89. The normalized spacial score (nSPS) is 16.7. The van der Waals surface area contributed by atoms with E-state index in [-0.39, 0.29) is 23.9 Å². The van der Waals surface area contributed by atoms with Gasteiger partial charge in [0.2, 0.25) is 5.91 Å². The maximum absolute atomic E-state index is 12.7. The maximum atomic E-state index is 12.7. The Kier molecular flexibility index (Phi) is 5.55. The Morgan fingerprint density at radius 2 is 2.03 bits per heavy atom. The van der Waals surface area contributed by atoms with Gasteiger partial charge < -0.3 is 9.32 Å². The molecule has 2 aromatic heterocycles. The van der Waals surface area contributed by atoms with E-state index in [4.69, 9.17) is 4.42 Å². The number of rotatable bonds is 5. The van der Waals surface area contributed by atoms with Gasteiger partial charge in [-0.15, -0.1) is 0 Å². The molecule has 1 atom stereocenters. The average molecular weight is 392 g/mol. The quantitative estimate of drug-likeness (QED) is 0.667. The van der Waals surface area contributed by atoms with E-state index < -0.39 is 0 Å². The molecule has 0 radical (unpaired) electrons. The van der Waals surface area contributed by atoms with Crippen LogP contribution in [0, 0.1) is 6.92 Å². The van der Waals surface area contributed by atoms with Gasteiger partial charge in [0.25, 0.3) is 5.56 Å². The topological polar surface area (TPSA) is 81.2 Å². The molecule has 0 bridgehead atoms. The number of nitrogens with zero attached hydrogens (tertiary/aromatic N) is 4. The van der Waals surface area contributed by atoms with Gasteiger partial charge in [-0.1, -0.05) is 30.3 Å². The summed E-state index contributed by atoms with van der Waals surface area (Å²) in [7, 11) is 0. The Morgan fingerprint density at radius 3 is 2.86 bits per heavy atom. The van der Waals surface area contributed by atoms with Crippen LogP contribution in [0.3, 0.4) is 0 Å². The molecule has 1 saturated heterocycles. The van der Waals surface area contributed by atoms with Gasteiger partial charge >= 0.3 is 0 Å². The van der Waals surface area contributed by atoms with Crippen molar-refractivity contribution < 1.29 is 9.21 Å². The molecule has 3 aromatic rings. The van der Waals surface area contributed by atoms with Crippen LogP contribution in [-0.2, 0) is 17.8 Å². The summed E-state index contributed by atoms with van der Waals surface area (Å²) >= 11 is 0. The summed E-state index contributed by atoms with van der Waals surface area (Å²) in [6.07, 6.45) is 4.28. The highest BCUT2D eigenvalue weighted by Crippen LogP contribution is 2.27. The highest BCUT2D eigenvalue weighted by atomic mass is 16.4. The predicted octanol–water partition coefficient (Wildman–Crippen LogP) is 2.54. The zero-order valence-corrected chi connectivity index (χ0v) is 16.5. The number of hydrogen-bond acceptors (Lipinski definition) is 5. The van der Waals surface area contributed by atoms with Gasteiger partial charge in [-0.05, 0) is 31.4 Å². The summed E-state index contributed by atoms with van der Waals surface area (Å²) in [4.78, 5) is 30.9. The Morgan fingerprint density at radius 1 is 1.21 bits per heavy atom. The first-order chi connectivity index (χ1) is 14.1. The van der Waals surface area contributed by atoms with Crippen molar-refractivity contribution in [1.82, 2.24) is 19.7 Å². The van der Waals surface area contributed by atoms with Gasteiger partial charge in [0.15, 0.2) is 5.89 Å². The second-order valence-corrected chi connectivity index (χ2v) is 7.48. The van der Waals surface area contributed by atoms with E-state index in [9.17, 15) is 9.59 Å². The van der Waals surface area contributed by atoms with E-state index in [1.54, 1.807) is 24.1 Å². The van der Waals surface area contributed by atoms with Crippen molar-refractivity contribution in [1.29, 1.82) is 0 Å². The Labute approximate surface area is 169 Å². The fourth-order valence-electron chi connectivity index (χ4n) is 3.69. The van der Waals surface area contributed by atoms with E-state index in [1.807, 2.05) is 18.2 Å². The molecule has 7 nitrogen and oxygen atoms in total. The molecule has 4 rings (SSSR count). The Hall–Kier alpha value is -3.22. The SMILES string of the molecule is Cc1ccc(=O)n(CC(=O)N2CCCC(c3ncc(Cc4ccccc4)o3)C2)n1. The number of carbonyl (C=O) groups is 1. The van der Waals surface area contributed by atoms with Crippen molar-refractivity contribution in [3.05, 3.63) is 81.9 Å². The third kappa shape index (κ3) is 4.62. The van der Waals surface area contributed by atoms with E-state index in [2.05, 4.69) is 22.2 Å². The van der Waals surface area contributed by atoms with E-state index in [0.717, 1.165) is 18.6 Å². The maximum Gasteiger partial charge on any atom is 0.267 e. The Balaban J connectivity index is 1.41. The van der Waals surface area contributed by atoms with Crippen LogP contribution < -0.4 is 5.56 Å². The van der Waals surface area contributed by atoms with Gasteiger partial charge in [0, 0.05) is 25.6 Å². The molecule has 0 aliphatic carbocycles. The molecule has 1 unspecified atom stereocenters. The minimum Gasteiger partial charge on any atom is -0.445 e. The molecule has 3 heterocycles. The monoisotopic (exact) mass is 392 g/mol. The number of piperidine rings is 1. The lowest BCUT2D eigenvalue weighted by molar-refractivity contribution is -0.133. The lowest BCUT2D eigenvalue weighted by atomic mass is 9.98. The van der Waals surface area contributed by atoms with E-state index >= 15 is 0 Å². The molecule has 0 spiro atoms. The van der Waals surface area contributed by atoms with Crippen molar-refractivity contribution in [2.24, 2.45) is 0 Å². The summed E-state index contributed by atoms with van der Waals surface area (Å²) in [5.41, 5.74) is 1.61. The van der Waals surface area contributed by atoms with Crippen molar-refractivity contribution >= 4 is 5.91 Å². The lowest BCUT2D eigenvalue weighted by Crippen LogP contribution is -2.42. The number of amides is 1. The van der Waals surface area contributed by atoms with Crippen LogP contribution >= 0.6 is 0 Å². The van der Waals surface area contributed by atoms with Crippen molar-refractivity contribution in [2.45, 2.75) is 38.6 Å². The van der Waals surface area contributed by atoms with Gasteiger partial charge in [-0.3, -0.25) is 9.59 Å². The summed E-state index contributed by atoms with van der Waals surface area (Å²) in [5.74, 6) is 1.47. The zero-order valence-electron chi connectivity index (χ0n) is 16.5. The van der Waals surface area contributed by atoms with Crippen LogP contribution in [0.4, 0.5) is 0 Å². The van der Waals surface area contributed by atoms with Gasteiger partial charge in [-0.2, -0.15) is 5.10 Å². The number of aryl methyl sites for hydroxylation is 1. The highest BCUT2D eigenvalue weighted by molar-refractivity contribution is 5.76. The molecule has 1 aromatic carbocycles. The molecule has 1 aliphatic heterocycles. The standard InChI is InChI=1S/C22H24N4O3/c1-16-9-10-20(27)26(24-16)15-21(28)25-11-5-8-18(14-25)22-23-13-19(29-22)12-17-6-3-2-4-7-17/h2-4,6-7,9-10,13,18H,5,8,11-12,14-15H2,1H3. The molecule has 1 aliphatic rings. The third-order valence-corrected chi connectivity index (χ3v) is 5.20. The molecular formula is C22H24N4O3. The van der Waals surface area contributed by atoms with Gasteiger partial charge in [-0.25, -0.2) is 9.67 Å². The van der Waals surface area contributed by atoms with Crippen molar-refractivity contribution in [2.75, 3.05) is 13.1 Å². The van der Waals surface area contributed by atoms with Crippen molar-refractivity contribution in [3.63, 3.8) is 0 Å². The second-order valence-electron chi connectivity index (χ2n) is 7.48. The van der Waals surface area contributed by atoms with E-state index in [1.165, 1.54) is 16.3 Å². The third-order valence-electron chi connectivity index (χ3n) is 5.20. The minimum atomic E-state index is -0.268. The molecule has 1 fully saturated rings. The predicted molar refractivity (Wildman–Crippen MR) is 108 cm³/mol. The number of oxazole rings is 1. The molecule has 150 valence electrons. The number of hydrogen-bond donors (Lipinski definition) is 0. The van der Waals surface area contributed by atoms with Gasteiger partial charge in [0.05, 0.1) is 17.8 Å². The van der Waals surface area contributed by atoms with E-state index in [0.29, 0.717) is 31.1 Å². The fourth-order valence-corrected chi connectivity index (χ4v) is 3.69. The number of likely N-dealkylation sites (tertiary alicyclic amines) is 1. The highest BCUT2D eigenvalue weighted by Gasteiger charge is 2.28. The molecule has 1 amide bonds. The summed E-state index contributed by atoms with van der Waals surface area (Å²) in [6.45, 7) is 2.98. The molecule has 0 N–H and O–H groups in total. The fraction of sp³-hybridized carbons (Fsp3) is 0.364. The van der Waals surface area contributed by atoms with Crippen LogP contribution in [0.1, 0.15) is 41.7 Å². The zero-order chi connectivity index (χ0) is 20.2. The summed E-state index contributed by atoms with van der Waals surface area (Å²) in [6, 6.07) is 13.2. The average Bonchev–Trinajstić information content (AvgIpc) is 3.20. The molecular weight excluding hydrogens is 368 g/mol. The van der Waals surface area contributed by atoms with Crippen molar-refractivity contribution in [3.8, 4) is 0 Å². The summed E-state index contributed by atoms with van der Waals surface area (Å²) < 4.78 is 7.22. The number of aromatic nitrogens is 3. The Bertz CT molecular complexity index is 1040. The first kappa shape index (κ1) is 19.1. The van der Waals surface area contributed by atoms with Gasteiger partial charge in [0.1, 0.15) is 12.3 Å². The van der Waals surface area contributed by atoms with Crippen LogP contribution in [0.2, 0.25) is 0 Å². The minimum absolute atomic E-state index is 0.0436. The van der Waals surface area contributed by atoms with Crippen LogP contribution in [0.5, 0.6) is 0 Å². The molecule has 0 saturated carbocycles. The van der Waals surface area contributed by atoms with Crippen LogP contribution in [0.25, 0.3) is 0 Å². The first-order valence-electron chi connectivity index (χ1n) is 9.89. The smallest absolute Gasteiger partial charge is 0.267 e. The molecule has 7 heteroatoms. The molecule has 29 heavy (non-hydrogen) atoms. The van der Waals surface area contributed by atoms with Crippen LogP contribution in [-0.4, -0.2) is 38.7 Å². The van der Waals surface area contributed by atoms with Crippen LogP contribution in [0.15, 0.2) is 57.9 Å². The number of carbonyl (C=O) groups excluding carboxylic acids is 1. The number of benzene rings is 1. The second kappa shape index (κ2) is 8.43. The summed E-state index contributed by atoms with van der Waals surface area (Å²) in [5, 5.41) is 4.15. The lowest BCUT2D eigenvalue weighted by Gasteiger charge is -2.31. The largest absolute Gasteiger partial charge is 0.445 e.